The van der Waals surface area contributed by atoms with Crippen molar-refractivity contribution in [2.75, 3.05) is 38.0 Å². The van der Waals surface area contributed by atoms with Crippen molar-refractivity contribution in [1.29, 1.82) is 0 Å². The van der Waals surface area contributed by atoms with E-state index in [1.807, 2.05) is 32.1 Å². The summed E-state index contributed by atoms with van der Waals surface area (Å²) in [6.45, 7) is 16.8. The average molecular weight is 479 g/mol. The third kappa shape index (κ3) is 7.52. The van der Waals surface area contributed by atoms with E-state index < -0.39 is 0 Å². The lowest BCUT2D eigenvalue weighted by atomic mass is 10.1. The molecule has 0 spiro atoms. The first kappa shape index (κ1) is 27.2. The van der Waals surface area contributed by atoms with Crippen molar-refractivity contribution in [3.63, 3.8) is 0 Å². The van der Waals surface area contributed by atoms with E-state index in [-0.39, 0.29) is 0 Å². The quantitative estimate of drug-likeness (QED) is 0.266. The van der Waals surface area contributed by atoms with Crippen LogP contribution >= 0.6 is 0 Å². The molecule has 0 aromatic carbocycles. The SMILES string of the molecule is C=C/C=C(\C=C)CCNCCCNC[C@@H]1CC[C@H](n2cc3c4c(ncnc42)NCCCC3)C1.CC. The van der Waals surface area contributed by atoms with E-state index >= 15 is 0 Å². The lowest BCUT2D eigenvalue weighted by molar-refractivity contribution is 0.451. The van der Waals surface area contributed by atoms with Crippen molar-refractivity contribution in [3.05, 3.63) is 55.0 Å². The Hall–Kier alpha value is -2.44. The van der Waals surface area contributed by atoms with E-state index in [1.54, 1.807) is 6.33 Å². The number of anilines is 1. The smallest absolute Gasteiger partial charge is 0.146 e. The Bertz CT molecular complexity index is 959. The van der Waals surface area contributed by atoms with Crippen LogP contribution in [0.15, 0.2) is 49.5 Å². The number of nitrogens with zero attached hydrogens (tertiary/aromatic N) is 3. The van der Waals surface area contributed by atoms with E-state index in [9.17, 15) is 0 Å². The Balaban J connectivity index is 0.00000167. The molecule has 3 N–H and O–H groups in total. The number of hydrogen-bond donors (Lipinski definition) is 3. The van der Waals surface area contributed by atoms with Crippen LogP contribution in [0.2, 0.25) is 0 Å². The van der Waals surface area contributed by atoms with Crippen molar-refractivity contribution < 1.29 is 0 Å². The van der Waals surface area contributed by atoms with Crippen LogP contribution in [0.25, 0.3) is 11.0 Å². The fourth-order valence-electron chi connectivity index (χ4n) is 5.30. The minimum absolute atomic E-state index is 0.556. The maximum atomic E-state index is 4.70. The highest BCUT2D eigenvalue weighted by Gasteiger charge is 2.28. The zero-order valence-corrected chi connectivity index (χ0v) is 22.0. The molecule has 0 bridgehead atoms. The summed E-state index contributed by atoms with van der Waals surface area (Å²) in [7, 11) is 0. The van der Waals surface area contributed by atoms with Gasteiger partial charge in [-0.3, -0.25) is 0 Å². The molecule has 192 valence electrons. The van der Waals surface area contributed by atoms with Crippen LogP contribution in [0.4, 0.5) is 5.82 Å². The molecule has 6 heteroatoms. The second-order valence-electron chi connectivity index (χ2n) is 9.44. The topological polar surface area (TPSA) is 66.8 Å². The molecule has 4 rings (SSSR count). The van der Waals surface area contributed by atoms with Crippen LogP contribution in [0, 0.1) is 5.92 Å². The molecule has 1 fully saturated rings. The molecule has 2 atom stereocenters. The highest BCUT2D eigenvalue weighted by atomic mass is 15.1. The van der Waals surface area contributed by atoms with Crippen LogP contribution in [0.1, 0.15) is 70.4 Å². The highest BCUT2D eigenvalue weighted by molar-refractivity contribution is 5.91. The molecule has 2 aliphatic rings. The molecule has 0 unspecified atom stereocenters. The summed E-state index contributed by atoms with van der Waals surface area (Å²) in [5.74, 6) is 1.77. The normalized spacial score (nSPS) is 19.9. The zero-order chi connectivity index (χ0) is 24.9. The molecular formula is C29H46N6. The predicted molar refractivity (Wildman–Crippen MR) is 150 cm³/mol. The second-order valence-corrected chi connectivity index (χ2v) is 9.44. The number of rotatable bonds is 12. The van der Waals surface area contributed by atoms with Crippen LogP contribution in [0.3, 0.4) is 0 Å². The van der Waals surface area contributed by atoms with Crippen molar-refractivity contribution >= 4 is 16.9 Å². The number of hydrogen-bond acceptors (Lipinski definition) is 5. The lowest BCUT2D eigenvalue weighted by Crippen LogP contribution is -2.26. The predicted octanol–water partition coefficient (Wildman–Crippen LogP) is 5.80. The summed E-state index contributed by atoms with van der Waals surface area (Å²) < 4.78 is 2.46. The van der Waals surface area contributed by atoms with Gasteiger partial charge in [-0.05, 0) is 94.6 Å². The van der Waals surface area contributed by atoms with Gasteiger partial charge in [-0.1, -0.05) is 45.2 Å². The number of aromatic nitrogens is 3. The molecule has 0 amide bonds. The summed E-state index contributed by atoms with van der Waals surface area (Å²) in [6.07, 6.45) is 19.4. The molecule has 6 nitrogen and oxygen atoms in total. The van der Waals surface area contributed by atoms with E-state index in [0.717, 1.165) is 69.4 Å². The van der Waals surface area contributed by atoms with Gasteiger partial charge in [0.15, 0.2) is 0 Å². The highest BCUT2D eigenvalue weighted by Crippen LogP contribution is 2.38. The van der Waals surface area contributed by atoms with Gasteiger partial charge in [0, 0.05) is 18.8 Å². The second kappa shape index (κ2) is 14.8. The summed E-state index contributed by atoms with van der Waals surface area (Å²) in [6, 6.07) is 0.556. The van der Waals surface area contributed by atoms with Crippen molar-refractivity contribution in [3.8, 4) is 0 Å². The number of nitrogens with one attached hydrogen (secondary N) is 3. The van der Waals surface area contributed by atoms with Crippen LogP contribution < -0.4 is 16.0 Å². The maximum absolute atomic E-state index is 4.70. The first-order valence-corrected chi connectivity index (χ1v) is 13.7. The molecule has 1 saturated carbocycles. The molecule has 2 aromatic rings. The Morgan fingerprint density at radius 2 is 2.00 bits per heavy atom. The minimum Gasteiger partial charge on any atom is -0.369 e. The number of allylic oxidation sites excluding steroid dienone is 3. The average Bonchev–Trinajstić information content (AvgIpc) is 3.49. The lowest BCUT2D eigenvalue weighted by Gasteiger charge is -2.15. The first-order chi connectivity index (χ1) is 17.3. The van der Waals surface area contributed by atoms with E-state index in [1.165, 1.54) is 48.6 Å². The van der Waals surface area contributed by atoms with E-state index in [2.05, 4.69) is 44.9 Å². The molecular weight excluding hydrogens is 432 g/mol. The van der Waals surface area contributed by atoms with Crippen molar-refractivity contribution in [2.24, 2.45) is 5.92 Å². The van der Waals surface area contributed by atoms with Gasteiger partial charge in [-0.15, -0.1) is 0 Å². The van der Waals surface area contributed by atoms with Gasteiger partial charge in [-0.25, -0.2) is 9.97 Å². The number of aryl methyl sites for hydroxylation is 1. The standard InChI is InChI=1S/C27H40N6.C2H6/c1-3-8-21(4-2)12-16-28-13-7-14-29-18-22-10-11-24(17-22)33-19-23-9-5-6-15-30-26-25(23)27(33)32-20-31-26;1-2/h3-4,8,19-20,22,24,28-29H,1-2,5-7,9-18H2,(H,30,31,32);1-2H3/b21-8+;/t22-,24+;/m1./s1. The third-order valence-corrected chi connectivity index (χ3v) is 7.08. The van der Waals surface area contributed by atoms with Gasteiger partial charge in [0.05, 0.1) is 5.39 Å². The van der Waals surface area contributed by atoms with Gasteiger partial charge in [0.1, 0.15) is 17.8 Å². The summed E-state index contributed by atoms with van der Waals surface area (Å²) in [5.41, 5.74) is 3.78. The maximum Gasteiger partial charge on any atom is 0.146 e. The largest absolute Gasteiger partial charge is 0.369 e. The molecule has 3 heterocycles. The first-order valence-electron chi connectivity index (χ1n) is 13.7. The molecule has 1 aliphatic heterocycles. The summed E-state index contributed by atoms with van der Waals surface area (Å²) >= 11 is 0. The van der Waals surface area contributed by atoms with E-state index in [0.29, 0.717) is 6.04 Å². The van der Waals surface area contributed by atoms with Crippen LogP contribution in [-0.2, 0) is 6.42 Å². The fourth-order valence-corrected chi connectivity index (χ4v) is 5.30. The molecule has 0 saturated heterocycles. The van der Waals surface area contributed by atoms with Crippen LogP contribution in [-0.4, -0.2) is 47.3 Å². The fraction of sp³-hybridized carbons (Fsp3) is 0.586. The monoisotopic (exact) mass is 478 g/mol. The Labute approximate surface area is 212 Å². The Morgan fingerprint density at radius 3 is 2.83 bits per heavy atom. The summed E-state index contributed by atoms with van der Waals surface area (Å²) in [4.78, 5) is 9.23. The van der Waals surface area contributed by atoms with Crippen LogP contribution in [0.5, 0.6) is 0 Å². The molecule has 2 aromatic heterocycles. The van der Waals surface area contributed by atoms with Crippen molar-refractivity contribution in [1.82, 2.24) is 25.2 Å². The molecule has 35 heavy (non-hydrogen) atoms. The Kier molecular flexibility index (Phi) is 11.5. The third-order valence-electron chi connectivity index (χ3n) is 7.08. The zero-order valence-electron chi connectivity index (χ0n) is 22.0. The van der Waals surface area contributed by atoms with E-state index in [4.69, 9.17) is 4.98 Å². The summed E-state index contributed by atoms with van der Waals surface area (Å²) in [5, 5.41) is 12.0. The van der Waals surface area contributed by atoms with Gasteiger partial charge in [0.2, 0.25) is 0 Å². The van der Waals surface area contributed by atoms with Crippen molar-refractivity contribution in [2.45, 2.75) is 71.3 Å². The van der Waals surface area contributed by atoms with Gasteiger partial charge in [0.25, 0.3) is 0 Å². The Morgan fingerprint density at radius 1 is 1.14 bits per heavy atom. The van der Waals surface area contributed by atoms with Gasteiger partial charge >= 0.3 is 0 Å². The molecule has 1 aliphatic carbocycles. The molecule has 0 radical (unpaired) electrons. The van der Waals surface area contributed by atoms with Gasteiger partial charge < -0.3 is 20.5 Å². The van der Waals surface area contributed by atoms with Gasteiger partial charge in [-0.2, -0.15) is 0 Å². The minimum atomic E-state index is 0.556.